The Labute approximate surface area is 154 Å². The van der Waals surface area contributed by atoms with E-state index in [1.165, 1.54) is 12.0 Å². The molecule has 138 valence electrons. The lowest BCUT2D eigenvalue weighted by molar-refractivity contribution is -0.120. The predicted molar refractivity (Wildman–Crippen MR) is 102 cm³/mol. The molecule has 1 amide bonds. The Morgan fingerprint density at radius 1 is 1.12 bits per heavy atom. The van der Waals surface area contributed by atoms with Crippen LogP contribution in [0.15, 0.2) is 36.4 Å². The smallest absolute Gasteiger partial charge is 0.228 e. The molecule has 26 heavy (non-hydrogen) atoms. The van der Waals surface area contributed by atoms with Crippen LogP contribution in [0.2, 0.25) is 0 Å². The molecule has 6 heteroatoms. The zero-order chi connectivity index (χ0) is 18.2. The summed E-state index contributed by atoms with van der Waals surface area (Å²) in [5, 5.41) is 14.4. The van der Waals surface area contributed by atoms with Gasteiger partial charge in [-0.2, -0.15) is 0 Å². The molecule has 1 aromatic carbocycles. The van der Waals surface area contributed by atoms with Gasteiger partial charge in [-0.25, -0.2) is 0 Å². The zero-order valence-corrected chi connectivity index (χ0v) is 15.2. The molecular formula is C20H26N4O2. The Kier molecular flexibility index (Phi) is 6.41. The van der Waals surface area contributed by atoms with Crippen LogP contribution in [-0.2, 0) is 11.2 Å². The zero-order valence-electron chi connectivity index (χ0n) is 15.2. The molecule has 1 fully saturated rings. The molecule has 0 bridgehead atoms. The molecule has 1 saturated carbocycles. The standard InChI is InChI=1S/C20H26N4O2/c1-26-17-9-5-6-15(14-17)12-13-21-18-10-11-19(24-23-18)22-20(25)16-7-3-2-4-8-16/h5-6,9-11,14,16H,2-4,7-8,12-13H2,1H3,(H,21,23)(H,22,24,25). The van der Waals surface area contributed by atoms with Gasteiger partial charge in [-0.1, -0.05) is 31.4 Å². The third-order valence-electron chi connectivity index (χ3n) is 4.75. The van der Waals surface area contributed by atoms with E-state index in [9.17, 15) is 4.79 Å². The molecule has 0 radical (unpaired) electrons. The van der Waals surface area contributed by atoms with E-state index in [4.69, 9.17) is 4.74 Å². The number of methoxy groups -OCH3 is 1. The highest BCUT2D eigenvalue weighted by molar-refractivity contribution is 5.91. The summed E-state index contributed by atoms with van der Waals surface area (Å²) in [5.74, 6) is 2.26. The van der Waals surface area contributed by atoms with Crippen LogP contribution < -0.4 is 15.4 Å². The van der Waals surface area contributed by atoms with Gasteiger partial charge in [-0.3, -0.25) is 4.79 Å². The van der Waals surface area contributed by atoms with Crippen LogP contribution in [0.5, 0.6) is 5.75 Å². The molecule has 0 spiro atoms. The number of benzene rings is 1. The minimum absolute atomic E-state index is 0.0673. The molecule has 6 nitrogen and oxygen atoms in total. The first-order valence-electron chi connectivity index (χ1n) is 9.26. The fraction of sp³-hybridized carbons (Fsp3) is 0.450. The number of amides is 1. The molecule has 0 saturated heterocycles. The van der Waals surface area contributed by atoms with Crippen LogP contribution in [0.4, 0.5) is 11.6 Å². The van der Waals surface area contributed by atoms with Crippen molar-refractivity contribution in [3.05, 3.63) is 42.0 Å². The van der Waals surface area contributed by atoms with E-state index in [1.54, 1.807) is 13.2 Å². The number of ether oxygens (including phenoxy) is 1. The molecule has 1 aromatic heterocycles. The van der Waals surface area contributed by atoms with Gasteiger partial charge in [0.1, 0.15) is 11.6 Å². The SMILES string of the molecule is COc1cccc(CCNc2ccc(NC(=O)C3CCCCC3)nn2)c1. The molecule has 0 atom stereocenters. The second-order valence-corrected chi connectivity index (χ2v) is 6.66. The van der Waals surface area contributed by atoms with E-state index in [0.717, 1.165) is 44.4 Å². The van der Waals surface area contributed by atoms with Crippen LogP contribution >= 0.6 is 0 Å². The van der Waals surface area contributed by atoms with E-state index in [2.05, 4.69) is 26.9 Å². The first-order chi connectivity index (χ1) is 12.7. The Hall–Kier alpha value is -2.63. The van der Waals surface area contributed by atoms with Gasteiger partial charge in [0.2, 0.25) is 5.91 Å². The summed E-state index contributed by atoms with van der Waals surface area (Å²) in [7, 11) is 1.67. The van der Waals surface area contributed by atoms with Gasteiger partial charge in [-0.05, 0) is 49.1 Å². The number of nitrogens with one attached hydrogen (secondary N) is 2. The van der Waals surface area contributed by atoms with Crippen molar-refractivity contribution in [3.8, 4) is 5.75 Å². The third-order valence-corrected chi connectivity index (χ3v) is 4.75. The number of carbonyl (C=O) groups is 1. The largest absolute Gasteiger partial charge is 0.497 e. The van der Waals surface area contributed by atoms with E-state index in [1.807, 2.05) is 24.3 Å². The number of aromatic nitrogens is 2. The summed E-state index contributed by atoms with van der Waals surface area (Å²) >= 11 is 0. The Morgan fingerprint density at radius 2 is 1.88 bits per heavy atom. The second-order valence-electron chi connectivity index (χ2n) is 6.66. The maximum Gasteiger partial charge on any atom is 0.228 e. The van der Waals surface area contributed by atoms with Gasteiger partial charge in [0.25, 0.3) is 0 Å². The van der Waals surface area contributed by atoms with Crippen molar-refractivity contribution in [2.75, 3.05) is 24.3 Å². The summed E-state index contributed by atoms with van der Waals surface area (Å²) in [4.78, 5) is 12.2. The molecule has 0 unspecified atom stereocenters. The van der Waals surface area contributed by atoms with Crippen molar-refractivity contribution < 1.29 is 9.53 Å². The molecule has 2 N–H and O–H groups in total. The van der Waals surface area contributed by atoms with Crippen molar-refractivity contribution in [3.63, 3.8) is 0 Å². The maximum absolute atomic E-state index is 12.2. The second kappa shape index (κ2) is 9.17. The lowest BCUT2D eigenvalue weighted by Gasteiger charge is -2.20. The molecule has 1 aliphatic rings. The van der Waals surface area contributed by atoms with Gasteiger partial charge in [0.05, 0.1) is 7.11 Å². The first-order valence-corrected chi connectivity index (χ1v) is 9.26. The highest BCUT2D eigenvalue weighted by atomic mass is 16.5. The fourth-order valence-electron chi connectivity index (χ4n) is 3.25. The van der Waals surface area contributed by atoms with Gasteiger partial charge in [0, 0.05) is 12.5 Å². The first kappa shape index (κ1) is 18.2. The van der Waals surface area contributed by atoms with Gasteiger partial charge in [0.15, 0.2) is 5.82 Å². The number of rotatable bonds is 7. The fourth-order valence-corrected chi connectivity index (χ4v) is 3.25. The van der Waals surface area contributed by atoms with E-state index in [0.29, 0.717) is 11.6 Å². The van der Waals surface area contributed by atoms with Gasteiger partial charge >= 0.3 is 0 Å². The molecule has 1 aliphatic carbocycles. The van der Waals surface area contributed by atoms with Crippen molar-refractivity contribution >= 4 is 17.5 Å². The predicted octanol–water partition coefficient (Wildman–Crippen LogP) is 3.66. The number of hydrogen-bond donors (Lipinski definition) is 2. The van der Waals surface area contributed by atoms with Gasteiger partial charge in [-0.15, -0.1) is 10.2 Å². The molecule has 1 heterocycles. The summed E-state index contributed by atoms with van der Waals surface area (Å²) in [5.41, 5.74) is 1.20. The quantitative estimate of drug-likeness (QED) is 0.793. The average molecular weight is 354 g/mol. The summed E-state index contributed by atoms with van der Waals surface area (Å²) < 4.78 is 5.23. The Morgan fingerprint density at radius 3 is 2.62 bits per heavy atom. The van der Waals surface area contributed by atoms with Crippen LogP contribution in [0.1, 0.15) is 37.7 Å². The topological polar surface area (TPSA) is 76.1 Å². The normalized spacial score (nSPS) is 14.7. The van der Waals surface area contributed by atoms with Crippen molar-refractivity contribution in [1.82, 2.24) is 10.2 Å². The third kappa shape index (κ3) is 5.18. The number of hydrogen-bond acceptors (Lipinski definition) is 5. The van der Waals surface area contributed by atoms with E-state index >= 15 is 0 Å². The highest BCUT2D eigenvalue weighted by Gasteiger charge is 2.21. The number of carbonyl (C=O) groups excluding carboxylic acids is 1. The van der Waals surface area contributed by atoms with Crippen LogP contribution in [0.25, 0.3) is 0 Å². The number of anilines is 2. The van der Waals surface area contributed by atoms with Crippen LogP contribution in [0.3, 0.4) is 0 Å². The van der Waals surface area contributed by atoms with Crippen molar-refractivity contribution in [1.29, 1.82) is 0 Å². The van der Waals surface area contributed by atoms with Gasteiger partial charge < -0.3 is 15.4 Å². The van der Waals surface area contributed by atoms with E-state index < -0.39 is 0 Å². The molecule has 3 rings (SSSR count). The summed E-state index contributed by atoms with van der Waals surface area (Å²) in [6.45, 7) is 0.746. The van der Waals surface area contributed by atoms with Crippen molar-refractivity contribution in [2.45, 2.75) is 38.5 Å². The molecule has 0 aliphatic heterocycles. The highest BCUT2D eigenvalue weighted by Crippen LogP contribution is 2.24. The van der Waals surface area contributed by atoms with Crippen molar-refractivity contribution in [2.24, 2.45) is 5.92 Å². The number of nitrogens with zero attached hydrogens (tertiary/aromatic N) is 2. The average Bonchev–Trinajstić information content (AvgIpc) is 2.70. The Balaban J connectivity index is 1.45. The minimum Gasteiger partial charge on any atom is -0.497 e. The maximum atomic E-state index is 12.2. The van der Waals surface area contributed by atoms with E-state index in [-0.39, 0.29) is 11.8 Å². The lowest BCUT2D eigenvalue weighted by atomic mass is 9.89. The van der Waals surface area contributed by atoms with Crippen LogP contribution in [-0.4, -0.2) is 29.8 Å². The minimum atomic E-state index is 0.0673. The molecular weight excluding hydrogens is 328 g/mol. The Bertz CT molecular complexity index is 712. The monoisotopic (exact) mass is 354 g/mol. The lowest BCUT2D eigenvalue weighted by Crippen LogP contribution is -2.25. The van der Waals surface area contributed by atoms with Crippen LogP contribution in [0, 0.1) is 5.92 Å². The summed E-state index contributed by atoms with van der Waals surface area (Å²) in [6.07, 6.45) is 6.32. The summed E-state index contributed by atoms with van der Waals surface area (Å²) in [6, 6.07) is 11.6. The molecule has 2 aromatic rings.